The van der Waals surface area contributed by atoms with Crippen molar-refractivity contribution in [1.29, 1.82) is 0 Å². The summed E-state index contributed by atoms with van der Waals surface area (Å²) >= 11 is 0. The summed E-state index contributed by atoms with van der Waals surface area (Å²) in [6.07, 6.45) is -3.21. The monoisotopic (exact) mass is 216 g/mol. The molecule has 0 aliphatic heterocycles. The van der Waals surface area contributed by atoms with E-state index in [4.69, 9.17) is 0 Å². The van der Waals surface area contributed by atoms with E-state index in [-0.39, 0.29) is 12.8 Å². The maximum Gasteiger partial charge on any atom is 0.392 e. The summed E-state index contributed by atoms with van der Waals surface area (Å²) in [6.45, 7) is 1.78. The van der Waals surface area contributed by atoms with E-state index in [1.54, 1.807) is 31.2 Å². The van der Waals surface area contributed by atoms with Crippen LogP contribution in [0.3, 0.4) is 0 Å². The molecule has 0 spiro atoms. The van der Waals surface area contributed by atoms with Crippen LogP contribution in [0.5, 0.6) is 0 Å². The van der Waals surface area contributed by atoms with Gasteiger partial charge in [0.05, 0.1) is 5.92 Å². The predicted octanol–water partition coefficient (Wildman–Crippen LogP) is 4.21. The summed E-state index contributed by atoms with van der Waals surface area (Å²) in [5.74, 6) is -1.20. The first kappa shape index (κ1) is 12.1. The second kappa shape index (κ2) is 5.19. The van der Waals surface area contributed by atoms with Gasteiger partial charge in [-0.15, -0.1) is 0 Å². The van der Waals surface area contributed by atoms with E-state index in [1.807, 2.05) is 6.07 Å². The molecular weight excluding hydrogens is 201 g/mol. The highest BCUT2D eigenvalue weighted by Crippen LogP contribution is 2.32. The fraction of sp³-hybridized carbons (Fsp3) is 0.500. The summed E-state index contributed by atoms with van der Waals surface area (Å²) in [7, 11) is 0. The number of benzene rings is 1. The standard InChI is InChI=1S/C12H15F3/c1-2-6-11(12(13,14)15)9-10-7-4-3-5-8-10/h3-5,7-8,11H,2,6,9H2,1H3. The van der Waals surface area contributed by atoms with Crippen molar-refractivity contribution in [1.82, 2.24) is 0 Å². The van der Waals surface area contributed by atoms with Crippen LogP contribution in [-0.4, -0.2) is 6.18 Å². The first-order valence-corrected chi connectivity index (χ1v) is 5.14. The molecule has 0 fully saturated rings. The van der Waals surface area contributed by atoms with Crippen molar-refractivity contribution >= 4 is 0 Å². The van der Waals surface area contributed by atoms with Crippen molar-refractivity contribution < 1.29 is 13.2 Å². The van der Waals surface area contributed by atoms with Gasteiger partial charge in [-0.3, -0.25) is 0 Å². The number of hydrogen-bond acceptors (Lipinski definition) is 0. The average molecular weight is 216 g/mol. The normalized spacial score (nSPS) is 13.9. The molecule has 0 amide bonds. The van der Waals surface area contributed by atoms with Gasteiger partial charge in [-0.05, 0) is 18.4 Å². The lowest BCUT2D eigenvalue weighted by Crippen LogP contribution is -2.24. The zero-order valence-corrected chi connectivity index (χ0v) is 8.72. The molecule has 1 atom stereocenters. The lowest BCUT2D eigenvalue weighted by molar-refractivity contribution is -0.176. The molecule has 1 aromatic carbocycles. The molecule has 1 aromatic rings. The quantitative estimate of drug-likeness (QED) is 0.707. The van der Waals surface area contributed by atoms with Crippen LogP contribution in [0.2, 0.25) is 0 Å². The molecule has 0 N–H and O–H groups in total. The predicted molar refractivity (Wildman–Crippen MR) is 54.6 cm³/mol. The van der Waals surface area contributed by atoms with Crippen LogP contribution in [0.1, 0.15) is 25.3 Å². The largest absolute Gasteiger partial charge is 0.392 e. The molecule has 0 radical (unpaired) electrons. The third-order valence-corrected chi connectivity index (χ3v) is 2.42. The zero-order valence-electron chi connectivity index (χ0n) is 8.72. The van der Waals surface area contributed by atoms with Crippen LogP contribution in [0, 0.1) is 5.92 Å². The van der Waals surface area contributed by atoms with Crippen LogP contribution in [-0.2, 0) is 6.42 Å². The third-order valence-electron chi connectivity index (χ3n) is 2.42. The van der Waals surface area contributed by atoms with Crippen molar-refractivity contribution in [3.05, 3.63) is 35.9 Å². The van der Waals surface area contributed by atoms with Crippen LogP contribution in [0.25, 0.3) is 0 Å². The molecule has 0 aliphatic rings. The fourth-order valence-corrected chi connectivity index (χ4v) is 1.63. The van der Waals surface area contributed by atoms with Gasteiger partial charge in [-0.1, -0.05) is 43.7 Å². The molecule has 0 aliphatic carbocycles. The second-order valence-corrected chi connectivity index (χ2v) is 3.72. The average Bonchev–Trinajstić information content (AvgIpc) is 2.17. The minimum absolute atomic E-state index is 0.0954. The molecular formula is C12H15F3. The molecule has 0 bridgehead atoms. The van der Waals surface area contributed by atoms with Crippen molar-refractivity contribution in [2.24, 2.45) is 5.92 Å². The first-order valence-electron chi connectivity index (χ1n) is 5.14. The van der Waals surface area contributed by atoms with Gasteiger partial charge in [0, 0.05) is 0 Å². The maximum absolute atomic E-state index is 12.6. The van der Waals surface area contributed by atoms with Gasteiger partial charge < -0.3 is 0 Å². The van der Waals surface area contributed by atoms with Gasteiger partial charge in [-0.25, -0.2) is 0 Å². The lowest BCUT2D eigenvalue weighted by Gasteiger charge is -2.19. The lowest BCUT2D eigenvalue weighted by atomic mass is 9.94. The van der Waals surface area contributed by atoms with Crippen molar-refractivity contribution in [3.8, 4) is 0 Å². The Bertz CT molecular complexity index is 277. The smallest absolute Gasteiger partial charge is 0.171 e. The summed E-state index contributed by atoms with van der Waals surface area (Å²) in [6, 6.07) is 8.85. The van der Waals surface area contributed by atoms with Gasteiger partial charge in [-0.2, -0.15) is 13.2 Å². The van der Waals surface area contributed by atoms with E-state index in [9.17, 15) is 13.2 Å². The van der Waals surface area contributed by atoms with E-state index < -0.39 is 12.1 Å². The molecule has 0 saturated carbocycles. The molecule has 0 aromatic heterocycles. The first-order chi connectivity index (χ1) is 7.04. The number of alkyl halides is 3. The van der Waals surface area contributed by atoms with Gasteiger partial charge in [0.15, 0.2) is 0 Å². The molecule has 3 heteroatoms. The summed E-state index contributed by atoms with van der Waals surface area (Å²) < 4.78 is 37.8. The van der Waals surface area contributed by atoms with E-state index in [2.05, 4.69) is 0 Å². The minimum atomic E-state index is -4.08. The highest BCUT2D eigenvalue weighted by Gasteiger charge is 2.38. The van der Waals surface area contributed by atoms with E-state index in [0.29, 0.717) is 6.42 Å². The topological polar surface area (TPSA) is 0 Å². The van der Waals surface area contributed by atoms with E-state index >= 15 is 0 Å². The fourth-order valence-electron chi connectivity index (χ4n) is 1.63. The van der Waals surface area contributed by atoms with Gasteiger partial charge in [0.2, 0.25) is 0 Å². The van der Waals surface area contributed by atoms with E-state index in [0.717, 1.165) is 5.56 Å². The third kappa shape index (κ3) is 3.94. The Morgan fingerprint density at radius 1 is 1.13 bits per heavy atom. The van der Waals surface area contributed by atoms with Crippen LogP contribution in [0.4, 0.5) is 13.2 Å². The summed E-state index contributed by atoms with van der Waals surface area (Å²) in [4.78, 5) is 0. The van der Waals surface area contributed by atoms with Gasteiger partial charge in [0.25, 0.3) is 0 Å². The highest BCUT2D eigenvalue weighted by atomic mass is 19.4. The van der Waals surface area contributed by atoms with Gasteiger partial charge in [0.1, 0.15) is 0 Å². The Hall–Kier alpha value is -0.990. The molecule has 0 nitrogen and oxygen atoms in total. The number of rotatable bonds is 4. The Morgan fingerprint density at radius 3 is 2.20 bits per heavy atom. The molecule has 84 valence electrons. The Kier molecular flexibility index (Phi) is 4.18. The van der Waals surface area contributed by atoms with Crippen molar-refractivity contribution in [3.63, 3.8) is 0 Å². The maximum atomic E-state index is 12.6. The number of halogens is 3. The SMILES string of the molecule is CCCC(Cc1ccccc1)C(F)(F)F. The molecule has 15 heavy (non-hydrogen) atoms. The summed E-state index contributed by atoms with van der Waals surface area (Å²) in [5, 5.41) is 0. The number of hydrogen-bond donors (Lipinski definition) is 0. The molecule has 1 unspecified atom stereocenters. The van der Waals surface area contributed by atoms with Crippen LogP contribution < -0.4 is 0 Å². The van der Waals surface area contributed by atoms with E-state index in [1.165, 1.54) is 0 Å². The Labute approximate surface area is 88.1 Å². The second-order valence-electron chi connectivity index (χ2n) is 3.72. The molecule has 0 saturated heterocycles. The highest BCUT2D eigenvalue weighted by molar-refractivity contribution is 5.15. The van der Waals surface area contributed by atoms with Crippen LogP contribution in [0.15, 0.2) is 30.3 Å². The Balaban J connectivity index is 2.67. The van der Waals surface area contributed by atoms with Crippen molar-refractivity contribution in [2.45, 2.75) is 32.4 Å². The summed E-state index contributed by atoms with van der Waals surface area (Å²) in [5.41, 5.74) is 0.758. The van der Waals surface area contributed by atoms with Gasteiger partial charge >= 0.3 is 6.18 Å². The minimum Gasteiger partial charge on any atom is -0.171 e. The Morgan fingerprint density at radius 2 is 1.73 bits per heavy atom. The zero-order chi connectivity index (χ0) is 11.3. The van der Waals surface area contributed by atoms with Crippen LogP contribution >= 0.6 is 0 Å². The molecule has 0 heterocycles. The van der Waals surface area contributed by atoms with Crippen molar-refractivity contribution in [2.75, 3.05) is 0 Å². The molecule has 1 rings (SSSR count).